The lowest BCUT2D eigenvalue weighted by molar-refractivity contribution is -0.138. The van der Waals surface area contributed by atoms with E-state index in [0.717, 1.165) is 5.56 Å². The molecule has 2 nitrogen and oxygen atoms in total. The van der Waals surface area contributed by atoms with Crippen molar-refractivity contribution in [1.82, 2.24) is 0 Å². The molecule has 0 radical (unpaired) electrons. The van der Waals surface area contributed by atoms with E-state index in [1.807, 2.05) is 12.1 Å². The first-order valence-electron chi connectivity index (χ1n) is 5.34. The number of esters is 1. The van der Waals surface area contributed by atoms with Gasteiger partial charge in [0, 0.05) is 11.1 Å². The van der Waals surface area contributed by atoms with E-state index in [-0.39, 0.29) is 5.97 Å². The number of hydrogen-bond acceptors (Lipinski definition) is 2. The third-order valence-electron chi connectivity index (χ3n) is 2.42. The molecule has 3 heteroatoms. The van der Waals surface area contributed by atoms with Crippen LogP contribution in [-0.4, -0.2) is 12.6 Å². The lowest BCUT2D eigenvalue weighted by Gasteiger charge is -1.98. The van der Waals surface area contributed by atoms with Crippen LogP contribution in [0.1, 0.15) is 18.4 Å². The van der Waals surface area contributed by atoms with Crippen LogP contribution in [0.15, 0.2) is 30.3 Å². The number of ether oxygens (including phenoxy) is 1. The second kappa shape index (κ2) is 5.17. The van der Waals surface area contributed by atoms with Gasteiger partial charge in [-0.2, -0.15) is 0 Å². The Morgan fingerprint density at radius 2 is 2.31 bits per heavy atom. The Balaban J connectivity index is 1.84. The summed E-state index contributed by atoms with van der Waals surface area (Å²) in [5.41, 5.74) is 0.899. The number of hydrogen-bond donors (Lipinski definition) is 0. The highest BCUT2D eigenvalue weighted by atomic mass is 35.5. The molecule has 16 heavy (non-hydrogen) atoms. The molecule has 0 bridgehead atoms. The molecule has 0 unspecified atom stereocenters. The maximum atomic E-state index is 11.3. The van der Waals surface area contributed by atoms with Crippen LogP contribution < -0.4 is 0 Å². The highest BCUT2D eigenvalue weighted by molar-refractivity contribution is 6.30. The molecule has 1 aliphatic carbocycles. The second-order valence-corrected chi connectivity index (χ2v) is 4.40. The van der Waals surface area contributed by atoms with Crippen LogP contribution in [0.5, 0.6) is 0 Å². The molecule has 84 valence electrons. The van der Waals surface area contributed by atoms with Gasteiger partial charge in [-0.3, -0.25) is 0 Å². The second-order valence-electron chi connectivity index (χ2n) is 3.96. The molecule has 0 saturated heterocycles. The van der Waals surface area contributed by atoms with Crippen molar-refractivity contribution in [2.75, 3.05) is 6.61 Å². The summed E-state index contributed by atoms with van der Waals surface area (Å²) in [6, 6.07) is 7.32. The summed E-state index contributed by atoms with van der Waals surface area (Å²) in [6.07, 6.45) is 5.52. The third-order valence-corrected chi connectivity index (χ3v) is 2.65. The lowest BCUT2D eigenvalue weighted by atomic mass is 10.2. The van der Waals surface area contributed by atoms with Crippen molar-refractivity contribution in [3.63, 3.8) is 0 Å². The van der Waals surface area contributed by atoms with Gasteiger partial charge in [-0.15, -0.1) is 0 Å². The Hall–Kier alpha value is -1.28. The fraction of sp³-hybridized carbons (Fsp3) is 0.308. The molecule has 0 aliphatic heterocycles. The monoisotopic (exact) mass is 236 g/mol. The van der Waals surface area contributed by atoms with Crippen LogP contribution >= 0.6 is 11.6 Å². The minimum absolute atomic E-state index is 0.285. The van der Waals surface area contributed by atoms with Gasteiger partial charge in [-0.1, -0.05) is 23.7 Å². The SMILES string of the molecule is O=C(/C=C/c1cccc(Cl)c1)OCC1CC1. The van der Waals surface area contributed by atoms with Gasteiger partial charge in [0.25, 0.3) is 0 Å². The van der Waals surface area contributed by atoms with Gasteiger partial charge in [-0.25, -0.2) is 4.79 Å². The predicted octanol–water partition coefficient (Wildman–Crippen LogP) is 3.31. The van der Waals surface area contributed by atoms with Gasteiger partial charge in [-0.05, 0) is 42.5 Å². The zero-order chi connectivity index (χ0) is 11.4. The van der Waals surface area contributed by atoms with Gasteiger partial charge in [0.05, 0.1) is 6.61 Å². The number of benzene rings is 1. The van der Waals surface area contributed by atoms with E-state index < -0.39 is 0 Å². The Kier molecular flexibility index (Phi) is 3.62. The quantitative estimate of drug-likeness (QED) is 0.592. The Labute approximate surface area is 99.9 Å². The van der Waals surface area contributed by atoms with Crippen molar-refractivity contribution in [2.24, 2.45) is 5.92 Å². The van der Waals surface area contributed by atoms with Crippen molar-refractivity contribution < 1.29 is 9.53 Å². The van der Waals surface area contributed by atoms with Crippen molar-refractivity contribution in [2.45, 2.75) is 12.8 Å². The number of halogens is 1. The number of rotatable bonds is 4. The Morgan fingerprint density at radius 3 is 3.00 bits per heavy atom. The largest absolute Gasteiger partial charge is 0.462 e. The van der Waals surface area contributed by atoms with Crippen molar-refractivity contribution in [1.29, 1.82) is 0 Å². The molecular formula is C13H13ClO2. The molecule has 1 aromatic carbocycles. The molecule has 1 aromatic rings. The molecule has 0 aromatic heterocycles. The highest BCUT2D eigenvalue weighted by Crippen LogP contribution is 2.28. The van der Waals surface area contributed by atoms with Crippen molar-refractivity contribution in [3.05, 3.63) is 40.9 Å². The molecule has 1 saturated carbocycles. The molecule has 0 N–H and O–H groups in total. The van der Waals surface area contributed by atoms with Crippen LogP contribution in [0.25, 0.3) is 6.08 Å². The summed E-state index contributed by atoms with van der Waals surface area (Å²) >= 11 is 5.82. The van der Waals surface area contributed by atoms with E-state index in [1.165, 1.54) is 18.9 Å². The summed E-state index contributed by atoms with van der Waals surface area (Å²) in [5.74, 6) is 0.315. The van der Waals surface area contributed by atoms with Gasteiger partial charge in [0.2, 0.25) is 0 Å². The van der Waals surface area contributed by atoms with Gasteiger partial charge in [0.15, 0.2) is 0 Å². The van der Waals surface area contributed by atoms with Crippen molar-refractivity contribution >= 4 is 23.6 Å². The van der Waals surface area contributed by atoms with E-state index in [0.29, 0.717) is 17.5 Å². The summed E-state index contributed by atoms with van der Waals surface area (Å²) < 4.78 is 5.06. The van der Waals surface area contributed by atoms with Crippen LogP contribution in [-0.2, 0) is 9.53 Å². The number of carbonyl (C=O) groups excluding carboxylic acids is 1. The average molecular weight is 237 g/mol. The first-order valence-corrected chi connectivity index (χ1v) is 5.72. The fourth-order valence-electron chi connectivity index (χ4n) is 1.31. The maximum absolute atomic E-state index is 11.3. The minimum atomic E-state index is -0.285. The molecule has 1 fully saturated rings. The van der Waals surface area contributed by atoms with Crippen LogP contribution in [0, 0.1) is 5.92 Å². The smallest absolute Gasteiger partial charge is 0.330 e. The van der Waals surface area contributed by atoms with Crippen molar-refractivity contribution in [3.8, 4) is 0 Å². The molecule has 0 heterocycles. The van der Waals surface area contributed by atoms with Crippen LogP contribution in [0.3, 0.4) is 0 Å². The molecule has 1 aliphatic rings. The summed E-state index contributed by atoms with van der Waals surface area (Å²) in [7, 11) is 0. The molecule has 0 amide bonds. The number of carbonyl (C=O) groups is 1. The third kappa shape index (κ3) is 3.70. The van der Waals surface area contributed by atoms with E-state index in [9.17, 15) is 4.79 Å². The average Bonchev–Trinajstić information content (AvgIpc) is 3.07. The first kappa shape index (κ1) is 11.2. The normalized spacial score (nSPS) is 15.3. The van der Waals surface area contributed by atoms with Crippen LogP contribution in [0.2, 0.25) is 5.02 Å². The van der Waals surface area contributed by atoms with E-state index in [1.54, 1.807) is 18.2 Å². The van der Waals surface area contributed by atoms with Crippen LogP contribution in [0.4, 0.5) is 0 Å². The zero-order valence-corrected chi connectivity index (χ0v) is 9.61. The first-order chi connectivity index (χ1) is 7.74. The summed E-state index contributed by atoms with van der Waals surface area (Å²) in [4.78, 5) is 11.3. The maximum Gasteiger partial charge on any atom is 0.330 e. The molecule has 0 atom stereocenters. The van der Waals surface area contributed by atoms with E-state index >= 15 is 0 Å². The van der Waals surface area contributed by atoms with Gasteiger partial charge < -0.3 is 4.74 Å². The minimum Gasteiger partial charge on any atom is -0.462 e. The highest BCUT2D eigenvalue weighted by Gasteiger charge is 2.22. The Bertz CT molecular complexity index is 408. The molecular weight excluding hydrogens is 224 g/mol. The van der Waals surface area contributed by atoms with E-state index in [2.05, 4.69) is 0 Å². The lowest BCUT2D eigenvalue weighted by Crippen LogP contribution is -2.03. The Morgan fingerprint density at radius 1 is 1.50 bits per heavy atom. The topological polar surface area (TPSA) is 26.3 Å². The zero-order valence-electron chi connectivity index (χ0n) is 8.86. The summed E-state index contributed by atoms with van der Waals surface area (Å²) in [6.45, 7) is 0.554. The fourth-order valence-corrected chi connectivity index (χ4v) is 1.51. The van der Waals surface area contributed by atoms with Gasteiger partial charge in [0.1, 0.15) is 0 Å². The standard InChI is InChI=1S/C13H13ClO2/c14-12-3-1-2-10(8-12)6-7-13(15)16-9-11-4-5-11/h1-3,6-8,11H,4-5,9H2/b7-6+. The van der Waals surface area contributed by atoms with E-state index in [4.69, 9.17) is 16.3 Å². The summed E-state index contributed by atoms with van der Waals surface area (Å²) in [5, 5.41) is 0.661. The molecule has 0 spiro atoms. The van der Waals surface area contributed by atoms with Gasteiger partial charge >= 0.3 is 5.97 Å². The molecule has 2 rings (SSSR count). The predicted molar refractivity (Wildman–Crippen MR) is 64.2 cm³/mol.